The molecule has 0 spiro atoms. The molecule has 84 valence electrons. The molecule has 1 heterocycles. The van der Waals surface area contributed by atoms with Gasteiger partial charge in [-0.2, -0.15) is 12.6 Å². The Kier molecular flexibility index (Phi) is 5.23. The molecule has 1 fully saturated rings. The fraction of sp³-hybridized carbons (Fsp3) is 1.00. The lowest BCUT2D eigenvalue weighted by molar-refractivity contribution is -0.0897. The fourth-order valence-electron chi connectivity index (χ4n) is 1.67. The zero-order chi connectivity index (χ0) is 10.4. The van der Waals surface area contributed by atoms with Gasteiger partial charge >= 0.3 is 0 Å². The van der Waals surface area contributed by atoms with Crippen LogP contribution in [0.1, 0.15) is 13.8 Å². The van der Waals surface area contributed by atoms with E-state index in [4.69, 9.17) is 9.47 Å². The SMILES string of the molecule is CC1(C)CN(CCOCCS)CCO1. The van der Waals surface area contributed by atoms with Crippen LogP contribution in [-0.4, -0.2) is 55.7 Å². The lowest BCUT2D eigenvalue weighted by atomic mass is 10.1. The van der Waals surface area contributed by atoms with Crippen LogP contribution in [0.5, 0.6) is 0 Å². The van der Waals surface area contributed by atoms with Crippen LogP contribution < -0.4 is 0 Å². The van der Waals surface area contributed by atoms with Crippen LogP contribution in [0.2, 0.25) is 0 Å². The molecule has 0 aromatic carbocycles. The standard InChI is InChI=1S/C10H21NO2S/c1-10(2)9-11(4-6-13-10)3-5-12-7-8-14/h14H,3-9H2,1-2H3. The second-order valence-electron chi connectivity index (χ2n) is 4.22. The molecular weight excluding hydrogens is 198 g/mol. The summed E-state index contributed by atoms with van der Waals surface area (Å²) < 4.78 is 11.0. The Morgan fingerprint density at radius 2 is 2.21 bits per heavy atom. The fourth-order valence-corrected chi connectivity index (χ4v) is 1.79. The van der Waals surface area contributed by atoms with E-state index in [1.54, 1.807) is 0 Å². The molecule has 0 saturated carbocycles. The first kappa shape index (κ1) is 12.3. The zero-order valence-corrected chi connectivity index (χ0v) is 10.1. The number of thiol groups is 1. The van der Waals surface area contributed by atoms with Crippen molar-refractivity contribution >= 4 is 12.6 Å². The van der Waals surface area contributed by atoms with Gasteiger partial charge in [0.05, 0.1) is 25.4 Å². The Bertz CT molecular complexity index is 164. The van der Waals surface area contributed by atoms with E-state index in [0.29, 0.717) is 0 Å². The number of rotatable bonds is 5. The second-order valence-corrected chi connectivity index (χ2v) is 4.67. The van der Waals surface area contributed by atoms with Crippen LogP contribution in [-0.2, 0) is 9.47 Å². The highest BCUT2D eigenvalue weighted by Crippen LogP contribution is 2.15. The van der Waals surface area contributed by atoms with Gasteiger partial charge in [-0.05, 0) is 13.8 Å². The van der Waals surface area contributed by atoms with Crippen molar-refractivity contribution in [3.63, 3.8) is 0 Å². The van der Waals surface area contributed by atoms with E-state index >= 15 is 0 Å². The third-order valence-corrected chi connectivity index (χ3v) is 2.47. The summed E-state index contributed by atoms with van der Waals surface area (Å²) >= 11 is 4.09. The highest BCUT2D eigenvalue weighted by Gasteiger charge is 2.26. The third-order valence-electron chi connectivity index (χ3n) is 2.29. The Morgan fingerprint density at radius 1 is 1.43 bits per heavy atom. The van der Waals surface area contributed by atoms with Gasteiger partial charge in [0.2, 0.25) is 0 Å². The lowest BCUT2D eigenvalue weighted by Gasteiger charge is -2.38. The molecule has 0 unspecified atom stereocenters. The quantitative estimate of drug-likeness (QED) is 0.552. The largest absolute Gasteiger partial charge is 0.379 e. The Labute approximate surface area is 92.2 Å². The Hall–Kier alpha value is 0.230. The zero-order valence-electron chi connectivity index (χ0n) is 9.16. The van der Waals surface area contributed by atoms with Crippen molar-refractivity contribution in [1.29, 1.82) is 0 Å². The maximum atomic E-state index is 5.63. The molecule has 4 heteroatoms. The van der Waals surface area contributed by atoms with Gasteiger partial charge in [0.25, 0.3) is 0 Å². The summed E-state index contributed by atoms with van der Waals surface area (Å²) in [5, 5.41) is 0. The van der Waals surface area contributed by atoms with Crippen molar-refractivity contribution in [3.8, 4) is 0 Å². The molecule has 0 aromatic heterocycles. The number of morpholine rings is 1. The molecule has 0 amide bonds. The Morgan fingerprint density at radius 3 is 2.86 bits per heavy atom. The smallest absolute Gasteiger partial charge is 0.0753 e. The highest BCUT2D eigenvalue weighted by atomic mass is 32.1. The first-order valence-electron chi connectivity index (χ1n) is 5.19. The van der Waals surface area contributed by atoms with Crippen molar-refractivity contribution in [1.82, 2.24) is 4.90 Å². The van der Waals surface area contributed by atoms with Gasteiger partial charge in [-0.1, -0.05) is 0 Å². The number of hydrogen-bond acceptors (Lipinski definition) is 4. The molecule has 0 radical (unpaired) electrons. The molecule has 14 heavy (non-hydrogen) atoms. The van der Waals surface area contributed by atoms with E-state index in [9.17, 15) is 0 Å². The lowest BCUT2D eigenvalue weighted by Crippen LogP contribution is -2.49. The monoisotopic (exact) mass is 219 g/mol. The van der Waals surface area contributed by atoms with Crippen molar-refractivity contribution in [2.75, 3.05) is 45.2 Å². The van der Waals surface area contributed by atoms with Gasteiger partial charge in [0.1, 0.15) is 0 Å². The molecule has 1 aliphatic heterocycles. The van der Waals surface area contributed by atoms with Gasteiger partial charge in [-0.25, -0.2) is 0 Å². The van der Waals surface area contributed by atoms with E-state index in [2.05, 4.69) is 31.4 Å². The molecule has 0 aromatic rings. The summed E-state index contributed by atoms with van der Waals surface area (Å²) in [6.07, 6.45) is 0. The average molecular weight is 219 g/mol. The van der Waals surface area contributed by atoms with E-state index in [1.807, 2.05) is 0 Å². The van der Waals surface area contributed by atoms with Crippen molar-refractivity contribution in [2.24, 2.45) is 0 Å². The molecule has 0 N–H and O–H groups in total. The minimum atomic E-state index is 0.00178. The highest BCUT2D eigenvalue weighted by molar-refractivity contribution is 7.80. The van der Waals surface area contributed by atoms with Crippen molar-refractivity contribution in [2.45, 2.75) is 19.4 Å². The molecule has 0 bridgehead atoms. The molecule has 1 saturated heterocycles. The van der Waals surface area contributed by atoms with E-state index in [1.165, 1.54) is 0 Å². The summed E-state index contributed by atoms with van der Waals surface area (Å²) in [5.74, 6) is 0.800. The summed E-state index contributed by atoms with van der Waals surface area (Å²) in [6.45, 7) is 9.67. The van der Waals surface area contributed by atoms with Gasteiger partial charge in [-0.15, -0.1) is 0 Å². The van der Waals surface area contributed by atoms with Crippen LogP contribution in [0.25, 0.3) is 0 Å². The molecule has 0 atom stereocenters. The second kappa shape index (κ2) is 5.95. The molecular formula is C10H21NO2S. The summed E-state index contributed by atoms with van der Waals surface area (Å²) in [4.78, 5) is 2.39. The molecule has 3 nitrogen and oxygen atoms in total. The van der Waals surface area contributed by atoms with Crippen LogP contribution in [0.15, 0.2) is 0 Å². The predicted octanol–water partition coefficient (Wildman–Crippen LogP) is 1.04. The average Bonchev–Trinajstić information content (AvgIpc) is 2.11. The molecule has 0 aliphatic carbocycles. The number of ether oxygens (including phenoxy) is 2. The van der Waals surface area contributed by atoms with Crippen LogP contribution in [0, 0.1) is 0 Å². The van der Waals surface area contributed by atoms with E-state index in [0.717, 1.165) is 45.2 Å². The Balaban J connectivity index is 2.12. The first-order valence-corrected chi connectivity index (χ1v) is 5.82. The van der Waals surface area contributed by atoms with Crippen molar-refractivity contribution in [3.05, 3.63) is 0 Å². The minimum Gasteiger partial charge on any atom is -0.379 e. The topological polar surface area (TPSA) is 21.7 Å². The third kappa shape index (κ3) is 4.64. The normalized spacial score (nSPS) is 22.5. The summed E-state index contributed by atoms with van der Waals surface area (Å²) in [7, 11) is 0. The first-order chi connectivity index (χ1) is 6.64. The molecule has 1 aliphatic rings. The van der Waals surface area contributed by atoms with E-state index < -0.39 is 0 Å². The number of nitrogens with zero attached hydrogens (tertiary/aromatic N) is 1. The van der Waals surface area contributed by atoms with Gasteiger partial charge < -0.3 is 9.47 Å². The van der Waals surface area contributed by atoms with Crippen LogP contribution in [0.3, 0.4) is 0 Å². The number of hydrogen-bond donors (Lipinski definition) is 1. The van der Waals surface area contributed by atoms with Crippen LogP contribution >= 0.6 is 12.6 Å². The van der Waals surface area contributed by atoms with Crippen LogP contribution in [0.4, 0.5) is 0 Å². The predicted molar refractivity (Wildman–Crippen MR) is 61.1 cm³/mol. The molecule has 1 rings (SSSR count). The summed E-state index contributed by atoms with van der Waals surface area (Å²) in [6, 6.07) is 0. The van der Waals surface area contributed by atoms with Gasteiger partial charge in [-0.3, -0.25) is 4.90 Å². The minimum absolute atomic E-state index is 0.00178. The maximum absolute atomic E-state index is 5.63. The van der Waals surface area contributed by atoms with Gasteiger partial charge in [0.15, 0.2) is 0 Å². The van der Waals surface area contributed by atoms with E-state index in [-0.39, 0.29) is 5.60 Å². The van der Waals surface area contributed by atoms with Gasteiger partial charge in [0, 0.05) is 25.4 Å². The summed E-state index contributed by atoms with van der Waals surface area (Å²) in [5.41, 5.74) is 0.00178. The van der Waals surface area contributed by atoms with Crippen molar-refractivity contribution < 1.29 is 9.47 Å². The maximum Gasteiger partial charge on any atom is 0.0753 e.